The Balaban J connectivity index is 3.20. The Kier molecular flexibility index (Phi) is 12.9. The molecule has 0 rings (SSSR count). The summed E-state index contributed by atoms with van der Waals surface area (Å²) < 4.78 is 0. The number of rotatable bonds is 12. The normalized spacial score (nSPS) is 12.9. The number of aliphatic hydroxyl groups excluding tert-OH is 1. The number of aliphatic hydroxyl groups is 1. The SMILES string of the molecule is CCCCCCCCCC(CN)NCCO. The van der Waals surface area contributed by atoms with Crippen LogP contribution in [0.1, 0.15) is 58.3 Å². The predicted octanol–water partition coefficient (Wildman–Crippen LogP) is 2.04. The standard InChI is InChI=1S/C13H30N2O/c1-2-3-4-5-6-7-8-9-13(12-14)15-10-11-16/h13,15-16H,2-12,14H2,1H3. The van der Waals surface area contributed by atoms with E-state index < -0.39 is 0 Å². The molecule has 1 unspecified atom stereocenters. The molecule has 0 radical (unpaired) electrons. The van der Waals surface area contributed by atoms with Crippen molar-refractivity contribution in [3.63, 3.8) is 0 Å². The highest BCUT2D eigenvalue weighted by Crippen LogP contribution is 2.09. The van der Waals surface area contributed by atoms with Gasteiger partial charge in [0.25, 0.3) is 0 Å². The van der Waals surface area contributed by atoms with E-state index in [0.29, 0.717) is 19.1 Å². The van der Waals surface area contributed by atoms with Gasteiger partial charge in [-0.25, -0.2) is 0 Å². The summed E-state index contributed by atoms with van der Waals surface area (Å²) in [7, 11) is 0. The van der Waals surface area contributed by atoms with Gasteiger partial charge in [0.05, 0.1) is 6.61 Å². The summed E-state index contributed by atoms with van der Waals surface area (Å²) in [5.74, 6) is 0. The van der Waals surface area contributed by atoms with Crippen LogP contribution in [0.2, 0.25) is 0 Å². The fourth-order valence-electron chi connectivity index (χ4n) is 1.92. The Bertz CT molecular complexity index is 131. The quantitative estimate of drug-likeness (QED) is 0.450. The third-order valence-corrected chi connectivity index (χ3v) is 2.99. The molecule has 0 aromatic rings. The molecule has 0 spiro atoms. The summed E-state index contributed by atoms with van der Waals surface area (Å²) in [5, 5.41) is 12.0. The maximum Gasteiger partial charge on any atom is 0.0556 e. The molecule has 1 atom stereocenters. The summed E-state index contributed by atoms with van der Waals surface area (Å²) in [5.41, 5.74) is 5.65. The van der Waals surface area contributed by atoms with Gasteiger partial charge in [-0.15, -0.1) is 0 Å². The Morgan fingerprint density at radius 2 is 1.69 bits per heavy atom. The molecule has 3 nitrogen and oxygen atoms in total. The molecule has 0 saturated heterocycles. The topological polar surface area (TPSA) is 58.3 Å². The first-order chi connectivity index (χ1) is 7.85. The highest BCUT2D eigenvalue weighted by Gasteiger charge is 2.04. The fourth-order valence-corrected chi connectivity index (χ4v) is 1.92. The van der Waals surface area contributed by atoms with E-state index in [1.54, 1.807) is 0 Å². The Hall–Kier alpha value is -0.120. The molecule has 0 aromatic carbocycles. The van der Waals surface area contributed by atoms with E-state index in [1.165, 1.54) is 44.9 Å². The maximum absolute atomic E-state index is 8.70. The number of nitrogens with one attached hydrogen (secondary N) is 1. The molecule has 0 saturated carbocycles. The minimum atomic E-state index is 0.202. The third-order valence-electron chi connectivity index (χ3n) is 2.99. The number of hydrogen-bond acceptors (Lipinski definition) is 3. The summed E-state index contributed by atoms with van der Waals surface area (Å²) in [6.07, 6.45) is 10.5. The van der Waals surface area contributed by atoms with Gasteiger partial charge in [0.15, 0.2) is 0 Å². The Morgan fingerprint density at radius 1 is 1.06 bits per heavy atom. The molecule has 4 N–H and O–H groups in total. The van der Waals surface area contributed by atoms with Crippen LogP contribution in [-0.4, -0.2) is 30.8 Å². The van der Waals surface area contributed by atoms with E-state index in [1.807, 2.05) is 0 Å². The van der Waals surface area contributed by atoms with E-state index in [2.05, 4.69) is 12.2 Å². The highest BCUT2D eigenvalue weighted by molar-refractivity contribution is 4.67. The van der Waals surface area contributed by atoms with Gasteiger partial charge < -0.3 is 16.2 Å². The molecule has 0 bridgehead atoms. The van der Waals surface area contributed by atoms with Gasteiger partial charge in [0.2, 0.25) is 0 Å². The maximum atomic E-state index is 8.70. The van der Waals surface area contributed by atoms with E-state index in [4.69, 9.17) is 10.8 Å². The lowest BCUT2D eigenvalue weighted by Gasteiger charge is -2.15. The van der Waals surface area contributed by atoms with Gasteiger partial charge in [0.1, 0.15) is 0 Å². The van der Waals surface area contributed by atoms with Crippen molar-refractivity contribution < 1.29 is 5.11 Å². The van der Waals surface area contributed by atoms with Crippen molar-refractivity contribution >= 4 is 0 Å². The lowest BCUT2D eigenvalue weighted by Crippen LogP contribution is -2.37. The molecule has 3 heteroatoms. The molecule has 0 fully saturated rings. The van der Waals surface area contributed by atoms with E-state index in [9.17, 15) is 0 Å². The number of hydrogen-bond donors (Lipinski definition) is 3. The van der Waals surface area contributed by atoms with Crippen molar-refractivity contribution in [3.05, 3.63) is 0 Å². The molecule has 0 aliphatic rings. The first-order valence-corrected chi connectivity index (χ1v) is 6.89. The second-order valence-electron chi connectivity index (χ2n) is 4.52. The molecule has 0 aliphatic heterocycles. The largest absolute Gasteiger partial charge is 0.395 e. The van der Waals surface area contributed by atoms with Crippen LogP contribution in [0, 0.1) is 0 Å². The van der Waals surface area contributed by atoms with Crippen molar-refractivity contribution in [1.29, 1.82) is 0 Å². The molecule has 0 amide bonds. The molecule has 16 heavy (non-hydrogen) atoms. The van der Waals surface area contributed by atoms with Crippen molar-refractivity contribution in [2.75, 3.05) is 19.7 Å². The van der Waals surface area contributed by atoms with Gasteiger partial charge >= 0.3 is 0 Å². The first-order valence-electron chi connectivity index (χ1n) is 6.89. The van der Waals surface area contributed by atoms with Crippen LogP contribution >= 0.6 is 0 Å². The zero-order valence-electron chi connectivity index (χ0n) is 10.9. The minimum Gasteiger partial charge on any atom is -0.395 e. The third kappa shape index (κ3) is 10.4. The minimum absolute atomic E-state index is 0.202. The van der Waals surface area contributed by atoms with E-state index >= 15 is 0 Å². The van der Waals surface area contributed by atoms with Crippen LogP contribution in [0.25, 0.3) is 0 Å². The average Bonchev–Trinajstić information content (AvgIpc) is 2.32. The van der Waals surface area contributed by atoms with Crippen molar-refractivity contribution in [2.45, 2.75) is 64.3 Å². The zero-order valence-corrected chi connectivity index (χ0v) is 10.9. The molecule has 98 valence electrons. The molecule has 0 aliphatic carbocycles. The van der Waals surface area contributed by atoms with Crippen LogP contribution in [0.4, 0.5) is 0 Å². The second-order valence-corrected chi connectivity index (χ2v) is 4.52. The fraction of sp³-hybridized carbons (Fsp3) is 1.00. The van der Waals surface area contributed by atoms with Crippen LogP contribution in [0.15, 0.2) is 0 Å². The first kappa shape index (κ1) is 15.9. The molecular formula is C13H30N2O. The van der Waals surface area contributed by atoms with Crippen LogP contribution < -0.4 is 11.1 Å². The summed E-state index contributed by atoms with van der Waals surface area (Å²) >= 11 is 0. The highest BCUT2D eigenvalue weighted by atomic mass is 16.3. The van der Waals surface area contributed by atoms with Crippen LogP contribution in [0.5, 0.6) is 0 Å². The monoisotopic (exact) mass is 230 g/mol. The molecular weight excluding hydrogens is 200 g/mol. The van der Waals surface area contributed by atoms with Crippen LogP contribution in [0.3, 0.4) is 0 Å². The predicted molar refractivity (Wildman–Crippen MR) is 70.5 cm³/mol. The molecule has 0 aromatic heterocycles. The summed E-state index contributed by atoms with van der Waals surface area (Å²) in [6, 6.07) is 0.391. The lowest BCUT2D eigenvalue weighted by molar-refractivity contribution is 0.281. The average molecular weight is 230 g/mol. The zero-order chi connectivity index (χ0) is 12.1. The summed E-state index contributed by atoms with van der Waals surface area (Å²) in [6.45, 7) is 3.79. The van der Waals surface area contributed by atoms with Crippen molar-refractivity contribution in [1.82, 2.24) is 5.32 Å². The number of unbranched alkanes of at least 4 members (excludes halogenated alkanes) is 6. The van der Waals surface area contributed by atoms with Gasteiger partial charge in [-0.1, -0.05) is 51.9 Å². The van der Waals surface area contributed by atoms with E-state index in [-0.39, 0.29) is 6.61 Å². The number of nitrogens with two attached hydrogens (primary N) is 1. The van der Waals surface area contributed by atoms with Crippen LogP contribution in [-0.2, 0) is 0 Å². The lowest BCUT2D eigenvalue weighted by atomic mass is 10.1. The van der Waals surface area contributed by atoms with Gasteiger partial charge in [-0.2, -0.15) is 0 Å². The van der Waals surface area contributed by atoms with Crippen molar-refractivity contribution in [3.8, 4) is 0 Å². The second kappa shape index (κ2) is 12.9. The smallest absolute Gasteiger partial charge is 0.0556 e. The van der Waals surface area contributed by atoms with Crippen molar-refractivity contribution in [2.24, 2.45) is 5.73 Å². The molecule has 0 heterocycles. The van der Waals surface area contributed by atoms with Gasteiger partial charge in [-0.05, 0) is 6.42 Å². The summed E-state index contributed by atoms with van der Waals surface area (Å²) in [4.78, 5) is 0. The Morgan fingerprint density at radius 3 is 2.25 bits per heavy atom. The van der Waals surface area contributed by atoms with E-state index in [0.717, 1.165) is 6.42 Å². The Labute approximate surface area is 101 Å². The van der Waals surface area contributed by atoms with Gasteiger partial charge in [-0.3, -0.25) is 0 Å². The van der Waals surface area contributed by atoms with Gasteiger partial charge in [0, 0.05) is 19.1 Å².